The number of carbonyl (C=O) groups is 1. The molecule has 0 aliphatic rings. The molecule has 0 saturated carbocycles. The van der Waals surface area contributed by atoms with Gasteiger partial charge in [-0.25, -0.2) is 0 Å². The zero-order chi connectivity index (χ0) is 10.5. The molecule has 0 saturated heterocycles. The molecule has 13 heavy (non-hydrogen) atoms. The highest BCUT2D eigenvalue weighted by molar-refractivity contribution is 5.65. The van der Waals surface area contributed by atoms with E-state index in [2.05, 4.69) is 23.9 Å². The van der Waals surface area contributed by atoms with E-state index in [1.54, 1.807) is 0 Å². The number of rotatable bonds is 5. The van der Waals surface area contributed by atoms with Gasteiger partial charge in [0.2, 0.25) is 0 Å². The normalized spacial score (nSPS) is 8.62. The lowest BCUT2D eigenvalue weighted by Crippen LogP contribution is -2.13. The minimum atomic E-state index is -0.245. The summed E-state index contributed by atoms with van der Waals surface area (Å²) in [6.07, 6.45) is 4.03. The molecule has 0 spiro atoms. The van der Waals surface area contributed by atoms with Crippen LogP contribution in [0.15, 0.2) is 0 Å². The molecular formula is C10H23NO2. The molecule has 0 aliphatic heterocycles. The summed E-state index contributed by atoms with van der Waals surface area (Å²) in [7, 11) is 1.35. The van der Waals surface area contributed by atoms with Gasteiger partial charge in [0, 0.05) is 6.92 Å². The van der Waals surface area contributed by atoms with Gasteiger partial charge in [-0.15, -0.1) is 0 Å². The summed E-state index contributed by atoms with van der Waals surface area (Å²) < 4.78 is 4.11. The number of nitrogens with one attached hydrogen (secondary N) is 1. The number of methoxy groups -OCH3 is 1. The number of carbonyl (C=O) groups excluding carboxylic acids is 1. The predicted octanol–water partition coefficient (Wildman–Crippen LogP) is 1.97. The first kappa shape index (κ1) is 14.9. The molecule has 0 rings (SSSR count). The van der Waals surface area contributed by atoms with Gasteiger partial charge in [0.25, 0.3) is 0 Å². The van der Waals surface area contributed by atoms with E-state index >= 15 is 0 Å². The fourth-order valence-corrected chi connectivity index (χ4v) is 0.677. The van der Waals surface area contributed by atoms with Crippen LogP contribution in [0.25, 0.3) is 0 Å². The highest BCUT2D eigenvalue weighted by Gasteiger charge is 1.81. The van der Waals surface area contributed by atoms with Gasteiger partial charge in [0.1, 0.15) is 0 Å². The molecule has 0 bridgehead atoms. The van der Waals surface area contributed by atoms with Crippen LogP contribution in [-0.4, -0.2) is 26.2 Å². The van der Waals surface area contributed by atoms with Crippen LogP contribution < -0.4 is 5.32 Å². The first-order chi connectivity index (χ1) is 6.18. The largest absolute Gasteiger partial charge is 0.469 e. The van der Waals surface area contributed by atoms with Gasteiger partial charge in [-0.1, -0.05) is 26.7 Å². The Labute approximate surface area is 81.9 Å². The van der Waals surface area contributed by atoms with Crippen molar-refractivity contribution in [1.82, 2.24) is 5.32 Å². The van der Waals surface area contributed by atoms with Crippen molar-refractivity contribution in [1.29, 1.82) is 0 Å². The molecule has 80 valence electrons. The second-order valence-corrected chi connectivity index (χ2v) is 2.76. The second kappa shape index (κ2) is 14.0. The number of esters is 1. The van der Waals surface area contributed by atoms with Gasteiger partial charge in [0.05, 0.1) is 7.11 Å². The summed E-state index contributed by atoms with van der Waals surface area (Å²) >= 11 is 0. The topological polar surface area (TPSA) is 38.3 Å². The Hall–Kier alpha value is -0.570. The van der Waals surface area contributed by atoms with E-state index in [1.807, 2.05) is 0 Å². The van der Waals surface area contributed by atoms with Crippen molar-refractivity contribution in [3.05, 3.63) is 0 Å². The standard InChI is InChI=1S/C7H17N.C3H6O2/c1-3-5-6-7-8-4-2;1-3(4)5-2/h8H,3-7H2,1-2H3;1-2H3. The zero-order valence-electron chi connectivity index (χ0n) is 9.35. The summed E-state index contributed by atoms with van der Waals surface area (Å²) in [6.45, 7) is 8.05. The molecule has 0 radical (unpaired) electrons. The summed E-state index contributed by atoms with van der Waals surface area (Å²) in [5, 5.41) is 3.28. The molecule has 0 aromatic rings. The molecule has 0 amide bonds. The summed E-state index contributed by atoms with van der Waals surface area (Å²) in [6, 6.07) is 0. The van der Waals surface area contributed by atoms with Crippen LogP contribution in [0.5, 0.6) is 0 Å². The molecule has 3 heteroatoms. The van der Waals surface area contributed by atoms with Crippen molar-refractivity contribution in [3.63, 3.8) is 0 Å². The van der Waals surface area contributed by atoms with Crippen LogP contribution >= 0.6 is 0 Å². The predicted molar refractivity (Wildman–Crippen MR) is 55.8 cm³/mol. The first-order valence-electron chi connectivity index (χ1n) is 4.94. The zero-order valence-corrected chi connectivity index (χ0v) is 9.35. The van der Waals surface area contributed by atoms with E-state index in [0.717, 1.165) is 6.54 Å². The lowest BCUT2D eigenvalue weighted by molar-refractivity contribution is -0.137. The van der Waals surface area contributed by atoms with E-state index in [4.69, 9.17) is 0 Å². The average molecular weight is 189 g/mol. The van der Waals surface area contributed by atoms with Gasteiger partial charge in [-0.05, 0) is 19.5 Å². The van der Waals surface area contributed by atoms with Crippen molar-refractivity contribution in [2.24, 2.45) is 0 Å². The number of unbranched alkanes of at least 4 members (excludes halogenated alkanes) is 2. The Morgan fingerprint density at radius 1 is 1.31 bits per heavy atom. The van der Waals surface area contributed by atoms with Gasteiger partial charge < -0.3 is 10.1 Å². The number of ether oxygens (including phenoxy) is 1. The van der Waals surface area contributed by atoms with Crippen molar-refractivity contribution < 1.29 is 9.53 Å². The van der Waals surface area contributed by atoms with Crippen LogP contribution in [0, 0.1) is 0 Å². The summed E-state index contributed by atoms with van der Waals surface area (Å²) in [5.41, 5.74) is 0. The Morgan fingerprint density at radius 3 is 2.15 bits per heavy atom. The van der Waals surface area contributed by atoms with Gasteiger partial charge in [-0.2, -0.15) is 0 Å². The highest BCUT2D eigenvalue weighted by Crippen LogP contribution is 1.89. The van der Waals surface area contributed by atoms with E-state index in [0.29, 0.717) is 0 Å². The third-order valence-electron chi connectivity index (χ3n) is 1.49. The van der Waals surface area contributed by atoms with Crippen LogP contribution in [-0.2, 0) is 9.53 Å². The monoisotopic (exact) mass is 189 g/mol. The maximum absolute atomic E-state index is 9.59. The van der Waals surface area contributed by atoms with Gasteiger partial charge in [0.15, 0.2) is 0 Å². The molecule has 0 aliphatic carbocycles. The lowest BCUT2D eigenvalue weighted by Gasteiger charge is -1.97. The summed E-state index contributed by atoms with van der Waals surface area (Å²) in [4.78, 5) is 9.59. The number of hydrogen-bond donors (Lipinski definition) is 1. The maximum atomic E-state index is 9.59. The third-order valence-corrected chi connectivity index (χ3v) is 1.49. The van der Waals surface area contributed by atoms with Crippen molar-refractivity contribution >= 4 is 5.97 Å². The quantitative estimate of drug-likeness (QED) is 0.531. The smallest absolute Gasteiger partial charge is 0.302 e. The van der Waals surface area contributed by atoms with Crippen LogP contribution in [0.4, 0.5) is 0 Å². The molecule has 0 unspecified atom stereocenters. The minimum Gasteiger partial charge on any atom is -0.469 e. The Bertz CT molecular complexity index is 99.1. The minimum absolute atomic E-state index is 0.245. The van der Waals surface area contributed by atoms with Crippen LogP contribution in [0.2, 0.25) is 0 Å². The molecule has 1 N–H and O–H groups in total. The maximum Gasteiger partial charge on any atom is 0.302 e. The van der Waals surface area contributed by atoms with Crippen molar-refractivity contribution in [2.45, 2.75) is 40.0 Å². The molecule has 0 aromatic heterocycles. The molecule has 0 fully saturated rings. The first-order valence-corrected chi connectivity index (χ1v) is 4.94. The fourth-order valence-electron chi connectivity index (χ4n) is 0.677. The molecule has 0 heterocycles. The Kier molecular flexibility index (Phi) is 16.1. The van der Waals surface area contributed by atoms with Crippen LogP contribution in [0.3, 0.4) is 0 Å². The van der Waals surface area contributed by atoms with Gasteiger partial charge in [-0.3, -0.25) is 4.79 Å². The Balaban J connectivity index is 0. The SMILES string of the molecule is CCCCCNCC.COC(C)=O. The van der Waals surface area contributed by atoms with E-state index in [9.17, 15) is 4.79 Å². The van der Waals surface area contributed by atoms with E-state index in [-0.39, 0.29) is 5.97 Å². The molecule has 0 atom stereocenters. The van der Waals surface area contributed by atoms with E-state index in [1.165, 1.54) is 39.8 Å². The average Bonchev–Trinajstić information content (AvgIpc) is 2.14. The highest BCUT2D eigenvalue weighted by atomic mass is 16.5. The summed E-state index contributed by atoms with van der Waals surface area (Å²) in [5.74, 6) is -0.245. The van der Waals surface area contributed by atoms with Crippen molar-refractivity contribution in [2.75, 3.05) is 20.2 Å². The van der Waals surface area contributed by atoms with Gasteiger partial charge >= 0.3 is 5.97 Å². The van der Waals surface area contributed by atoms with Crippen LogP contribution in [0.1, 0.15) is 40.0 Å². The third kappa shape index (κ3) is 24.6. The van der Waals surface area contributed by atoms with Crippen molar-refractivity contribution in [3.8, 4) is 0 Å². The molecular weight excluding hydrogens is 166 g/mol. The van der Waals surface area contributed by atoms with E-state index < -0.39 is 0 Å². The molecule has 3 nitrogen and oxygen atoms in total. The number of hydrogen-bond acceptors (Lipinski definition) is 3. The lowest BCUT2D eigenvalue weighted by atomic mass is 10.2. The Morgan fingerprint density at radius 2 is 1.85 bits per heavy atom. The fraction of sp³-hybridized carbons (Fsp3) is 0.900. The molecule has 0 aromatic carbocycles. The second-order valence-electron chi connectivity index (χ2n) is 2.76.